The minimum absolute atomic E-state index is 0. The van der Waals surface area contributed by atoms with E-state index in [1.165, 1.54) is 5.56 Å². The number of rotatable bonds is 3. The molecule has 1 heterocycles. The second-order valence-corrected chi connectivity index (χ2v) is 3.29. The molecule has 2 aromatic rings. The van der Waals surface area contributed by atoms with Gasteiger partial charge in [-0.2, -0.15) is 5.10 Å². The number of hydrogen-bond donors (Lipinski definition) is 0. The second kappa shape index (κ2) is 5.51. The predicted octanol–water partition coefficient (Wildman–Crippen LogP) is 2.02. The number of aromatic nitrogens is 3. The van der Waals surface area contributed by atoms with Crippen molar-refractivity contribution in [2.45, 2.75) is 12.8 Å². The standard InChI is InChI=1S/C11H13N3.ClH/c1-14-11(12-9-13-14)8-7-10-5-3-2-4-6-10;/h2-6,9H,7-8H2,1H3;1H. The minimum Gasteiger partial charge on any atom is -0.253 e. The highest BCUT2D eigenvalue weighted by molar-refractivity contribution is 5.85. The Morgan fingerprint density at radius 3 is 2.47 bits per heavy atom. The highest BCUT2D eigenvalue weighted by Crippen LogP contribution is 2.03. The second-order valence-electron chi connectivity index (χ2n) is 3.29. The van der Waals surface area contributed by atoms with Crippen molar-refractivity contribution >= 4 is 12.4 Å². The molecule has 0 N–H and O–H groups in total. The molecule has 1 aromatic carbocycles. The SMILES string of the molecule is Cl.Cn1ncnc1CCc1ccccc1. The summed E-state index contributed by atoms with van der Waals surface area (Å²) in [4.78, 5) is 4.18. The molecule has 0 aliphatic carbocycles. The molecule has 0 saturated carbocycles. The van der Waals surface area contributed by atoms with Crippen molar-refractivity contribution < 1.29 is 0 Å². The van der Waals surface area contributed by atoms with E-state index in [0.717, 1.165) is 18.7 Å². The van der Waals surface area contributed by atoms with E-state index >= 15 is 0 Å². The zero-order valence-corrected chi connectivity index (χ0v) is 9.44. The lowest BCUT2D eigenvalue weighted by molar-refractivity contribution is 0.692. The average molecular weight is 224 g/mol. The Hall–Kier alpha value is -1.35. The van der Waals surface area contributed by atoms with Gasteiger partial charge in [-0.1, -0.05) is 30.3 Å². The van der Waals surface area contributed by atoms with Crippen LogP contribution in [0.15, 0.2) is 36.7 Å². The first-order valence-corrected chi connectivity index (χ1v) is 4.73. The number of nitrogens with zero attached hydrogens (tertiary/aromatic N) is 3. The van der Waals surface area contributed by atoms with E-state index in [1.54, 1.807) is 6.33 Å². The van der Waals surface area contributed by atoms with E-state index in [2.05, 4.69) is 34.3 Å². The number of aryl methyl sites for hydroxylation is 3. The predicted molar refractivity (Wildman–Crippen MR) is 62.1 cm³/mol. The van der Waals surface area contributed by atoms with Crippen LogP contribution in [0.5, 0.6) is 0 Å². The topological polar surface area (TPSA) is 30.7 Å². The lowest BCUT2D eigenvalue weighted by atomic mass is 10.1. The molecule has 80 valence electrons. The molecule has 0 aliphatic heterocycles. The first-order chi connectivity index (χ1) is 6.86. The van der Waals surface area contributed by atoms with Crippen LogP contribution in [-0.2, 0) is 19.9 Å². The highest BCUT2D eigenvalue weighted by Gasteiger charge is 2.00. The third kappa shape index (κ3) is 3.06. The summed E-state index contributed by atoms with van der Waals surface area (Å²) in [6, 6.07) is 10.4. The van der Waals surface area contributed by atoms with Gasteiger partial charge in [0.2, 0.25) is 0 Å². The summed E-state index contributed by atoms with van der Waals surface area (Å²) >= 11 is 0. The number of halogens is 1. The third-order valence-electron chi connectivity index (χ3n) is 2.29. The quantitative estimate of drug-likeness (QED) is 0.797. The molecule has 0 bridgehead atoms. The van der Waals surface area contributed by atoms with Crippen LogP contribution in [0, 0.1) is 0 Å². The summed E-state index contributed by atoms with van der Waals surface area (Å²) in [6.45, 7) is 0. The van der Waals surface area contributed by atoms with Gasteiger partial charge in [0.1, 0.15) is 12.2 Å². The molecule has 0 radical (unpaired) electrons. The number of benzene rings is 1. The van der Waals surface area contributed by atoms with Crippen LogP contribution in [0.25, 0.3) is 0 Å². The summed E-state index contributed by atoms with van der Waals surface area (Å²) in [5, 5.41) is 4.03. The van der Waals surface area contributed by atoms with E-state index in [1.807, 2.05) is 17.8 Å². The molecule has 0 amide bonds. The summed E-state index contributed by atoms with van der Waals surface area (Å²) in [6.07, 6.45) is 3.56. The van der Waals surface area contributed by atoms with E-state index in [4.69, 9.17) is 0 Å². The zero-order chi connectivity index (χ0) is 9.80. The van der Waals surface area contributed by atoms with E-state index in [-0.39, 0.29) is 12.4 Å². The Morgan fingerprint density at radius 1 is 1.13 bits per heavy atom. The summed E-state index contributed by atoms with van der Waals surface area (Å²) in [7, 11) is 1.92. The van der Waals surface area contributed by atoms with Crippen molar-refractivity contribution in [2.75, 3.05) is 0 Å². The van der Waals surface area contributed by atoms with E-state index in [0.29, 0.717) is 0 Å². The molecule has 0 spiro atoms. The Bertz CT molecular complexity index is 397. The molecule has 1 aromatic heterocycles. The van der Waals surface area contributed by atoms with Gasteiger partial charge in [-0.05, 0) is 12.0 Å². The molecular formula is C11H14ClN3. The van der Waals surface area contributed by atoms with Crippen LogP contribution < -0.4 is 0 Å². The van der Waals surface area contributed by atoms with E-state index in [9.17, 15) is 0 Å². The Balaban J connectivity index is 0.00000112. The third-order valence-corrected chi connectivity index (χ3v) is 2.29. The lowest BCUT2D eigenvalue weighted by Gasteiger charge is -2.00. The van der Waals surface area contributed by atoms with Gasteiger partial charge in [-0.15, -0.1) is 12.4 Å². The summed E-state index contributed by atoms with van der Waals surface area (Å²) < 4.78 is 1.82. The van der Waals surface area contributed by atoms with Crippen LogP contribution in [0.2, 0.25) is 0 Å². The molecular weight excluding hydrogens is 210 g/mol. The van der Waals surface area contributed by atoms with E-state index < -0.39 is 0 Å². The van der Waals surface area contributed by atoms with Gasteiger partial charge >= 0.3 is 0 Å². The molecule has 15 heavy (non-hydrogen) atoms. The Morgan fingerprint density at radius 2 is 1.87 bits per heavy atom. The van der Waals surface area contributed by atoms with Crippen molar-refractivity contribution in [3.8, 4) is 0 Å². The summed E-state index contributed by atoms with van der Waals surface area (Å²) in [5.41, 5.74) is 1.34. The first kappa shape index (κ1) is 11.7. The van der Waals surface area contributed by atoms with Crippen molar-refractivity contribution in [3.05, 3.63) is 48.0 Å². The maximum absolute atomic E-state index is 4.18. The monoisotopic (exact) mass is 223 g/mol. The van der Waals surface area contributed by atoms with Gasteiger partial charge in [0.25, 0.3) is 0 Å². The smallest absolute Gasteiger partial charge is 0.138 e. The number of hydrogen-bond acceptors (Lipinski definition) is 2. The molecule has 3 nitrogen and oxygen atoms in total. The van der Waals surface area contributed by atoms with Crippen LogP contribution in [0.1, 0.15) is 11.4 Å². The fraction of sp³-hybridized carbons (Fsp3) is 0.273. The van der Waals surface area contributed by atoms with Crippen LogP contribution in [-0.4, -0.2) is 14.8 Å². The normalized spacial score (nSPS) is 9.67. The minimum atomic E-state index is 0. The van der Waals surface area contributed by atoms with Gasteiger partial charge in [0.05, 0.1) is 0 Å². The Labute approximate surface area is 95.6 Å². The van der Waals surface area contributed by atoms with Crippen molar-refractivity contribution in [1.82, 2.24) is 14.8 Å². The highest BCUT2D eigenvalue weighted by atomic mass is 35.5. The Kier molecular flexibility index (Phi) is 4.31. The lowest BCUT2D eigenvalue weighted by Crippen LogP contribution is -2.01. The molecule has 4 heteroatoms. The maximum Gasteiger partial charge on any atom is 0.138 e. The average Bonchev–Trinajstić information content (AvgIpc) is 2.63. The van der Waals surface area contributed by atoms with Crippen LogP contribution in [0.3, 0.4) is 0 Å². The molecule has 0 fully saturated rings. The first-order valence-electron chi connectivity index (χ1n) is 4.73. The van der Waals surface area contributed by atoms with Gasteiger partial charge in [-0.25, -0.2) is 4.98 Å². The zero-order valence-electron chi connectivity index (χ0n) is 8.63. The molecule has 0 aliphatic rings. The fourth-order valence-corrected chi connectivity index (χ4v) is 1.45. The van der Waals surface area contributed by atoms with Gasteiger partial charge < -0.3 is 0 Å². The van der Waals surface area contributed by atoms with Crippen molar-refractivity contribution in [3.63, 3.8) is 0 Å². The fourth-order valence-electron chi connectivity index (χ4n) is 1.45. The van der Waals surface area contributed by atoms with Crippen molar-refractivity contribution in [1.29, 1.82) is 0 Å². The maximum atomic E-state index is 4.18. The van der Waals surface area contributed by atoms with Gasteiger partial charge in [0, 0.05) is 13.5 Å². The summed E-state index contributed by atoms with van der Waals surface area (Å²) in [5.74, 6) is 1.04. The molecule has 2 rings (SSSR count). The van der Waals surface area contributed by atoms with Crippen molar-refractivity contribution in [2.24, 2.45) is 7.05 Å². The largest absolute Gasteiger partial charge is 0.253 e. The molecule has 0 unspecified atom stereocenters. The van der Waals surface area contributed by atoms with Crippen LogP contribution >= 0.6 is 12.4 Å². The molecule has 0 atom stereocenters. The molecule has 0 saturated heterocycles. The van der Waals surface area contributed by atoms with Crippen LogP contribution in [0.4, 0.5) is 0 Å². The van der Waals surface area contributed by atoms with Gasteiger partial charge in [-0.3, -0.25) is 4.68 Å². The van der Waals surface area contributed by atoms with Gasteiger partial charge in [0.15, 0.2) is 0 Å².